The van der Waals surface area contributed by atoms with Gasteiger partial charge in [-0.2, -0.15) is 0 Å². The number of para-hydroxylation sites is 1. The predicted molar refractivity (Wildman–Crippen MR) is 111 cm³/mol. The number of aryl methyl sites for hydroxylation is 1. The maximum Gasteiger partial charge on any atom is 0.338 e. The van der Waals surface area contributed by atoms with Crippen LogP contribution in [0.4, 0.5) is 5.69 Å². The van der Waals surface area contributed by atoms with Crippen LogP contribution in [0.15, 0.2) is 78.9 Å². The average Bonchev–Trinajstić information content (AvgIpc) is 2.78. The van der Waals surface area contributed by atoms with Crippen molar-refractivity contribution < 1.29 is 19.1 Å². The largest absolute Gasteiger partial charge is 0.452 e. The van der Waals surface area contributed by atoms with Gasteiger partial charge in [-0.1, -0.05) is 67.6 Å². The van der Waals surface area contributed by atoms with Gasteiger partial charge in [0.25, 0.3) is 5.91 Å². The first kappa shape index (κ1) is 20.0. The van der Waals surface area contributed by atoms with Gasteiger partial charge in [0.05, 0.1) is 5.56 Å². The summed E-state index contributed by atoms with van der Waals surface area (Å²) in [6.07, 6.45) is 0.782. The van der Waals surface area contributed by atoms with E-state index in [1.165, 1.54) is 12.1 Å². The number of hydrogen-bond acceptors (Lipinski definition) is 4. The lowest BCUT2D eigenvalue weighted by Gasteiger charge is -2.10. The number of ether oxygens (including phenoxy) is 1. The van der Waals surface area contributed by atoms with Crippen LogP contribution in [0.5, 0.6) is 0 Å². The van der Waals surface area contributed by atoms with Crippen LogP contribution in [-0.2, 0) is 16.0 Å². The summed E-state index contributed by atoms with van der Waals surface area (Å²) < 4.78 is 5.08. The maximum atomic E-state index is 12.4. The predicted octanol–water partition coefficient (Wildman–Crippen LogP) is 4.28. The standard InChI is InChI=1S/C24H21NO4/c1-2-17-8-6-7-11-21(17)25-22(26)16-29-24(28)20-14-12-19(13-15-20)23(27)18-9-4-3-5-10-18/h3-15H,2,16H2,1H3,(H,25,26). The Balaban J connectivity index is 1.57. The van der Waals surface area contributed by atoms with Crippen LogP contribution in [0.2, 0.25) is 0 Å². The zero-order valence-corrected chi connectivity index (χ0v) is 16.1. The molecule has 0 aliphatic rings. The third-order valence-electron chi connectivity index (χ3n) is 4.43. The van der Waals surface area contributed by atoms with E-state index >= 15 is 0 Å². The molecule has 146 valence electrons. The van der Waals surface area contributed by atoms with E-state index in [9.17, 15) is 14.4 Å². The van der Waals surface area contributed by atoms with Crippen LogP contribution >= 0.6 is 0 Å². The summed E-state index contributed by atoms with van der Waals surface area (Å²) in [6, 6.07) is 22.6. The van der Waals surface area contributed by atoms with Crippen molar-refractivity contribution in [2.45, 2.75) is 13.3 Å². The van der Waals surface area contributed by atoms with Crippen molar-refractivity contribution in [1.82, 2.24) is 0 Å². The second kappa shape index (κ2) is 9.46. The average molecular weight is 387 g/mol. The zero-order chi connectivity index (χ0) is 20.6. The summed E-state index contributed by atoms with van der Waals surface area (Å²) in [5.41, 5.74) is 3.04. The van der Waals surface area contributed by atoms with Crippen molar-refractivity contribution >= 4 is 23.3 Å². The highest BCUT2D eigenvalue weighted by molar-refractivity contribution is 6.09. The first-order valence-corrected chi connectivity index (χ1v) is 9.33. The van der Waals surface area contributed by atoms with Gasteiger partial charge in [-0.15, -0.1) is 0 Å². The minimum absolute atomic E-state index is 0.125. The number of hydrogen-bond donors (Lipinski definition) is 1. The lowest BCUT2D eigenvalue weighted by Crippen LogP contribution is -2.21. The van der Waals surface area contributed by atoms with Crippen molar-refractivity contribution in [3.05, 3.63) is 101 Å². The number of benzene rings is 3. The van der Waals surface area contributed by atoms with E-state index in [-0.39, 0.29) is 18.0 Å². The highest BCUT2D eigenvalue weighted by atomic mass is 16.5. The molecule has 0 saturated heterocycles. The zero-order valence-electron chi connectivity index (χ0n) is 16.1. The Morgan fingerprint density at radius 2 is 1.34 bits per heavy atom. The highest BCUT2D eigenvalue weighted by Crippen LogP contribution is 2.15. The molecule has 0 fully saturated rings. The summed E-state index contributed by atoms with van der Waals surface area (Å²) in [6.45, 7) is 1.61. The Bertz CT molecular complexity index is 1010. The second-order valence-corrected chi connectivity index (χ2v) is 6.41. The van der Waals surface area contributed by atoms with E-state index in [2.05, 4.69) is 5.32 Å². The number of carbonyl (C=O) groups excluding carboxylic acids is 3. The van der Waals surface area contributed by atoms with Crippen LogP contribution in [0, 0.1) is 0 Å². The van der Waals surface area contributed by atoms with Gasteiger partial charge >= 0.3 is 5.97 Å². The van der Waals surface area contributed by atoms with Crippen LogP contribution in [0.1, 0.15) is 38.8 Å². The van der Waals surface area contributed by atoms with Crippen molar-refractivity contribution in [2.24, 2.45) is 0 Å². The van der Waals surface area contributed by atoms with E-state index in [1.54, 1.807) is 42.5 Å². The molecular weight excluding hydrogens is 366 g/mol. The van der Waals surface area contributed by atoms with Gasteiger partial charge in [-0.3, -0.25) is 9.59 Å². The minimum atomic E-state index is -0.623. The molecule has 0 atom stereocenters. The fourth-order valence-electron chi connectivity index (χ4n) is 2.87. The molecule has 3 aromatic carbocycles. The van der Waals surface area contributed by atoms with Crippen molar-refractivity contribution in [1.29, 1.82) is 0 Å². The molecule has 0 saturated carbocycles. The molecule has 0 unspecified atom stereocenters. The first-order valence-electron chi connectivity index (χ1n) is 9.33. The van der Waals surface area contributed by atoms with E-state index in [0.29, 0.717) is 16.8 Å². The van der Waals surface area contributed by atoms with Crippen LogP contribution in [0.3, 0.4) is 0 Å². The van der Waals surface area contributed by atoms with Gasteiger partial charge < -0.3 is 10.1 Å². The molecule has 0 radical (unpaired) electrons. The molecule has 0 spiro atoms. The summed E-state index contributed by atoms with van der Waals surface area (Å²) in [5.74, 6) is -1.16. The van der Waals surface area contributed by atoms with Gasteiger partial charge in [0.2, 0.25) is 0 Å². The number of carbonyl (C=O) groups is 3. The van der Waals surface area contributed by atoms with Gasteiger partial charge in [-0.05, 0) is 30.2 Å². The first-order chi connectivity index (χ1) is 14.1. The third kappa shape index (κ3) is 5.17. The Kier molecular flexibility index (Phi) is 6.53. The fourth-order valence-corrected chi connectivity index (χ4v) is 2.87. The number of esters is 1. The molecule has 0 aromatic heterocycles. The monoisotopic (exact) mass is 387 g/mol. The van der Waals surface area contributed by atoms with Crippen molar-refractivity contribution in [3.8, 4) is 0 Å². The third-order valence-corrected chi connectivity index (χ3v) is 4.43. The molecule has 0 aliphatic carbocycles. The van der Waals surface area contributed by atoms with Crippen molar-refractivity contribution in [3.63, 3.8) is 0 Å². The Morgan fingerprint density at radius 3 is 2.03 bits per heavy atom. The van der Waals surface area contributed by atoms with Gasteiger partial charge in [0, 0.05) is 16.8 Å². The number of amides is 1. The van der Waals surface area contributed by atoms with E-state index in [0.717, 1.165) is 12.0 Å². The Labute approximate surface area is 169 Å². The molecule has 3 rings (SSSR count). The summed E-state index contributed by atoms with van der Waals surface area (Å²) in [4.78, 5) is 36.7. The minimum Gasteiger partial charge on any atom is -0.452 e. The maximum absolute atomic E-state index is 12.4. The molecule has 0 bridgehead atoms. The Hall–Kier alpha value is -3.73. The highest BCUT2D eigenvalue weighted by Gasteiger charge is 2.13. The van der Waals surface area contributed by atoms with E-state index < -0.39 is 11.9 Å². The van der Waals surface area contributed by atoms with Gasteiger partial charge in [0.1, 0.15) is 0 Å². The SMILES string of the molecule is CCc1ccccc1NC(=O)COC(=O)c1ccc(C(=O)c2ccccc2)cc1. The molecule has 29 heavy (non-hydrogen) atoms. The lowest BCUT2D eigenvalue weighted by atomic mass is 10.0. The van der Waals surface area contributed by atoms with Gasteiger partial charge in [0.15, 0.2) is 12.4 Å². The quantitative estimate of drug-likeness (QED) is 0.485. The molecule has 5 heteroatoms. The molecule has 5 nitrogen and oxygen atoms in total. The number of nitrogens with one attached hydrogen (secondary N) is 1. The van der Waals surface area contributed by atoms with Crippen LogP contribution in [-0.4, -0.2) is 24.3 Å². The molecule has 3 aromatic rings. The Morgan fingerprint density at radius 1 is 0.759 bits per heavy atom. The number of ketones is 1. The molecular formula is C24H21NO4. The molecule has 1 amide bonds. The normalized spacial score (nSPS) is 10.2. The van der Waals surface area contributed by atoms with E-state index in [1.807, 2.05) is 31.2 Å². The smallest absolute Gasteiger partial charge is 0.338 e. The summed E-state index contributed by atoms with van der Waals surface area (Å²) in [7, 11) is 0. The van der Waals surface area contributed by atoms with Gasteiger partial charge in [-0.25, -0.2) is 4.79 Å². The van der Waals surface area contributed by atoms with Crippen LogP contribution in [0.25, 0.3) is 0 Å². The lowest BCUT2D eigenvalue weighted by molar-refractivity contribution is -0.119. The summed E-state index contributed by atoms with van der Waals surface area (Å²) in [5, 5.41) is 2.75. The molecule has 0 aliphatic heterocycles. The molecule has 1 N–H and O–H groups in total. The number of anilines is 1. The van der Waals surface area contributed by atoms with Crippen LogP contribution < -0.4 is 5.32 Å². The van der Waals surface area contributed by atoms with Crippen molar-refractivity contribution in [2.75, 3.05) is 11.9 Å². The molecule has 0 heterocycles. The number of rotatable bonds is 7. The topological polar surface area (TPSA) is 72.5 Å². The fraction of sp³-hybridized carbons (Fsp3) is 0.125. The second-order valence-electron chi connectivity index (χ2n) is 6.41. The summed E-state index contributed by atoms with van der Waals surface area (Å²) >= 11 is 0. The van der Waals surface area contributed by atoms with E-state index in [4.69, 9.17) is 4.74 Å².